The first kappa shape index (κ1) is 10.2. The summed E-state index contributed by atoms with van der Waals surface area (Å²) in [6.07, 6.45) is 3.95. The molecule has 1 atom stereocenters. The molecule has 0 saturated heterocycles. The summed E-state index contributed by atoms with van der Waals surface area (Å²) in [7, 11) is 0. The molecule has 1 unspecified atom stereocenters. The largest absolute Gasteiger partial charge is 0.496 e. The maximum Gasteiger partial charge on any atom is 0.109 e. The molecule has 1 aliphatic heterocycles. The van der Waals surface area contributed by atoms with Crippen LogP contribution in [0.4, 0.5) is 0 Å². The number of aryl methyl sites for hydroxylation is 1. The Labute approximate surface area is 90.7 Å². The van der Waals surface area contributed by atoms with E-state index in [2.05, 4.69) is 37.3 Å². The number of hydrogen-bond acceptors (Lipinski definition) is 2. The minimum Gasteiger partial charge on any atom is -0.496 e. The SMILES string of the molecule is Cc1ccc(CC(N)C2=CCCO2)cc1. The Balaban J connectivity index is 1.99. The Morgan fingerprint density at radius 3 is 2.67 bits per heavy atom. The first-order valence-corrected chi connectivity index (χ1v) is 5.39. The van der Waals surface area contributed by atoms with Crippen molar-refractivity contribution in [1.29, 1.82) is 0 Å². The zero-order valence-corrected chi connectivity index (χ0v) is 9.07. The predicted molar refractivity (Wildman–Crippen MR) is 61.5 cm³/mol. The van der Waals surface area contributed by atoms with Crippen molar-refractivity contribution < 1.29 is 4.74 Å². The van der Waals surface area contributed by atoms with Crippen molar-refractivity contribution in [1.82, 2.24) is 0 Å². The molecule has 0 radical (unpaired) electrons. The van der Waals surface area contributed by atoms with Crippen LogP contribution in [0.1, 0.15) is 17.5 Å². The molecule has 2 heteroatoms. The van der Waals surface area contributed by atoms with Crippen molar-refractivity contribution in [2.45, 2.75) is 25.8 Å². The van der Waals surface area contributed by atoms with Crippen LogP contribution in [-0.4, -0.2) is 12.6 Å². The van der Waals surface area contributed by atoms with Crippen LogP contribution >= 0.6 is 0 Å². The fourth-order valence-electron chi connectivity index (χ4n) is 1.77. The first-order chi connectivity index (χ1) is 7.25. The van der Waals surface area contributed by atoms with E-state index in [1.54, 1.807) is 0 Å². The summed E-state index contributed by atoms with van der Waals surface area (Å²) >= 11 is 0. The highest BCUT2D eigenvalue weighted by atomic mass is 16.5. The van der Waals surface area contributed by atoms with Crippen molar-refractivity contribution >= 4 is 0 Å². The number of ether oxygens (including phenoxy) is 1. The Bertz CT molecular complexity index is 353. The first-order valence-electron chi connectivity index (χ1n) is 5.39. The van der Waals surface area contributed by atoms with Crippen LogP contribution in [0.3, 0.4) is 0 Å². The van der Waals surface area contributed by atoms with Crippen molar-refractivity contribution in [3.63, 3.8) is 0 Å². The monoisotopic (exact) mass is 203 g/mol. The molecule has 1 aromatic rings. The van der Waals surface area contributed by atoms with Gasteiger partial charge >= 0.3 is 0 Å². The van der Waals surface area contributed by atoms with Crippen molar-refractivity contribution in [2.75, 3.05) is 6.61 Å². The van der Waals surface area contributed by atoms with E-state index < -0.39 is 0 Å². The van der Waals surface area contributed by atoms with Gasteiger partial charge in [-0.25, -0.2) is 0 Å². The average molecular weight is 203 g/mol. The van der Waals surface area contributed by atoms with Gasteiger partial charge in [-0.05, 0) is 25.0 Å². The maximum absolute atomic E-state index is 6.06. The van der Waals surface area contributed by atoms with Crippen LogP contribution < -0.4 is 5.73 Å². The van der Waals surface area contributed by atoms with Gasteiger partial charge in [-0.2, -0.15) is 0 Å². The van der Waals surface area contributed by atoms with Gasteiger partial charge in [-0.1, -0.05) is 29.8 Å². The van der Waals surface area contributed by atoms with Crippen LogP contribution in [-0.2, 0) is 11.2 Å². The summed E-state index contributed by atoms with van der Waals surface area (Å²) in [5.74, 6) is 0.954. The van der Waals surface area contributed by atoms with Gasteiger partial charge in [0.2, 0.25) is 0 Å². The molecule has 0 spiro atoms. The Morgan fingerprint density at radius 1 is 1.33 bits per heavy atom. The quantitative estimate of drug-likeness (QED) is 0.817. The van der Waals surface area contributed by atoms with Gasteiger partial charge in [0.15, 0.2) is 0 Å². The Kier molecular flexibility index (Phi) is 3.07. The number of hydrogen-bond donors (Lipinski definition) is 1. The number of nitrogens with two attached hydrogens (primary N) is 1. The predicted octanol–water partition coefficient (Wildman–Crippen LogP) is 2.17. The van der Waals surface area contributed by atoms with E-state index in [1.165, 1.54) is 11.1 Å². The summed E-state index contributed by atoms with van der Waals surface area (Å²) in [5.41, 5.74) is 8.60. The Hall–Kier alpha value is -1.28. The van der Waals surface area contributed by atoms with Gasteiger partial charge in [-0.3, -0.25) is 0 Å². The Morgan fingerprint density at radius 2 is 2.07 bits per heavy atom. The van der Waals surface area contributed by atoms with E-state index in [4.69, 9.17) is 10.5 Å². The second-order valence-electron chi connectivity index (χ2n) is 4.04. The van der Waals surface area contributed by atoms with Crippen LogP contribution in [0, 0.1) is 6.92 Å². The van der Waals surface area contributed by atoms with E-state index >= 15 is 0 Å². The minimum atomic E-state index is 0.00945. The van der Waals surface area contributed by atoms with Crippen LogP contribution in [0.25, 0.3) is 0 Å². The summed E-state index contributed by atoms with van der Waals surface area (Å²) in [5, 5.41) is 0. The summed E-state index contributed by atoms with van der Waals surface area (Å²) in [4.78, 5) is 0. The zero-order chi connectivity index (χ0) is 10.7. The lowest BCUT2D eigenvalue weighted by Gasteiger charge is -2.13. The maximum atomic E-state index is 6.06. The molecule has 15 heavy (non-hydrogen) atoms. The van der Waals surface area contributed by atoms with Gasteiger partial charge in [0.25, 0.3) is 0 Å². The molecule has 1 heterocycles. The van der Waals surface area contributed by atoms with Crippen molar-refractivity contribution in [3.8, 4) is 0 Å². The number of benzene rings is 1. The third-order valence-corrected chi connectivity index (χ3v) is 2.67. The number of rotatable bonds is 3. The van der Waals surface area contributed by atoms with Gasteiger partial charge in [-0.15, -0.1) is 0 Å². The van der Waals surface area contributed by atoms with Crippen LogP contribution in [0.15, 0.2) is 36.1 Å². The second kappa shape index (κ2) is 4.49. The van der Waals surface area contributed by atoms with Crippen LogP contribution in [0.2, 0.25) is 0 Å². The van der Waals surface area contributed by atoms with E-state index in [9.17, 15) is 0 Å². The molecular weight excluding hydrogens is 186 g/mol. The molecule has 0 amide bonds. The smallest absolute Gasteiger partial charge is 0.109 e. The molecule has 0 aliphatic carbocycles. The standard InChI is InChI=1S/C13H17NO/c1-10-4-6-11(7-5-10)9-12(14)13-3-2-8-15-13/h3-7,12H,2,8-9,14H2,1H3. The normalized spacial score (nSPS) is 17.1. The molecule has 0 saturated carbocycles. The van der Waals surface area contributed by atoms with Crippen molar-refractivity contribution in [2.24, 2.45) is 5.73 Å². The van der Waals surface area contributed by atoms with E-state index in [1.807, 2.05) is 0 Å². The lowest BCUT2D eigenvalue weighted by Crippen LogP contribution is -2.25. The van der Waals surface area contributed by atoms with Gasteiger partial charge in [0, 0.05) is 6.42 Å². The topological polar surface area (TPSA) is 35.2 Å². The third kappa shape index (κ3) is 2.60. The summed E-state index contributed by atoms with van der Waals surface area (Å²) < 4.78 is 5.45. The van der Waals surface area contributed by atoms with Gasteiger partial charge in [0.05, 0.1) is 12.6 Å². The lowest BCUT2D eigenvalue weighted by molar-refractivity contribution is 0.224. The fourth-order valence-corrected chi connectivity index (χ4v) is 1.77. The molecule has 2 nitrogen and oxygen atoms in total. The minimum absolute atomic E-state index is 0.00945. The highest BCUT2D eigenvalue weighted by Gasteiger charge is 2.14. The van der Waals surface area contributed by atoms with Crippen LogP contribution in [0.5, 0.6) is 0 Å². The molecule has 1 aliphatic rings. The molecule has 1 aromatic carbocycles. The zero-order valence-electron chi connectivity index (χ0n) is 9.07. The highest BCUT2D eigenvalue weighted by molar-refractivity contribution is 5.23. The van der Waals surface area contributed by atoms with Gasteiger partial charge < -0.3 is 10.5 Å². The molecule has 80 valence electrons. The van der Waals surface area contributed by atoms with Crippen molar-refractivity contribution in [3.05, 3.63) is 47.2 Å². The third-order valence-electron chi connectivity index (χ3n) is 2.67. The molecule has 2 rings (SSSR count). The second-order valence-corrected chi connectivity index (χ2v) is 4.04. The molecule has 0 fully saturated rings. The molecular formula is C13H17NO. The van der Waals surface area contributed by atoms with Gasteiger partial charge in [0.1, 0.15) is 5.76 Å². The molecule has 0 aromatic heterocycles. The molecule has 0 bridgehead atoms. The average Bonchev–Trinajstić information content (AvgIpc) is 2.74. The van der Waals surface area contributed by atoms with E-state index in [0.29, 0.717) is 0 Å². The summed E-state index contributed by atoms with van der Waals surface area (Å²) in [6.45, 7) is 2.88. The summed E-state index contributed by atoms with van der Waals surface area (Å²) in [6, 6.07) is 8.50. The lowest BCUT2D eigenvalue weighted by atomic mass is 10.0. The molecule has 2 N–H and O–H groups in total. The van der Waals surface area contributed by atoms with E-state index in [-0.39, 0.29) is 6.04 Å². The fraction of sp³-hybridized carbons (Fsp3) is 0.385. The van der Waals surface area contributed by atoms with E-state index in [0.717, 1.165) is 25.2 Å². The highest BCUT2D eigenvalue weighted by Crippen LogP contribution is 2.15.